The highest BCUT2D eigenvalue weighted by molar-refractivity contribution is 7.20. The van der Waals surface area contributed by atoms with Crippen LogP contribution < -0.4 is 14.8 Å². The topological polar surface area (TPSA) is 95.0 Å². The normalized spacial score (nSPS) is 14.3. The molecule has 9 nitrogen and oxygen atoms in total. The van der Waals surface area contributed by atoms with Crippen LogP contribution in [0.4, 0.5) is 0 Å². The molecule has 1 fully saturated rings. The highest BCUT2D eigenvalue weighted by Gasteiger charge is 2.21. The summed E-state index contributed by atoms with van der Waals surface area (Å²) in [5, 5.41) is 3.77. The maximum atomic E-state index is 13.0. The largest absolute Gasteiger partial charge is 0.492 e. The van der Waals surface area contributed by atoms with Gasteiger partial charge in [0, 0.05) is 33.3 Å². The van der Waals surface area contributed by atoms with Crippen molar-refractivity contribution in [1.82, 2.24) is 20.2 Å². The van der Waals surface area contributed by atoms with E-state index in [1.807, 2.05) is 31.2 Å². The van der Waals surface area contributed by atoms with Crippen LogP contribution in [0, 0.1) is 6.92 Å². The minimum Gasteiger partial charge on any atom is -0.492 e. The number of carbonyl (C=O) groups excluding carboxylic acids is 1. The lowest BCUT2D eigenvalue weighted by Crippen LogP contribution is -2.38. The Balaban J connectivity index is 1.38. The lowest BCUT2D eigenvalue weighted by Gasteiger charge is -2.26. The average molecular weight is 487 g/mol. The van der Waals surface area contributed by atoms with Crippen molar-refractivity contribution in [2.45, 2.75) is 20.1 Å². The van der Waals surface area contributed by atoms with Gasteiger partial charge in [-0.25, -0.2) is 4.98 Å². The third-order valence-electron chi connectivity index (χ3n) is 5.61. The molecular weight excluding hydrogens is 456 g/mol. The molecule has 1 N–H and O–H groups in total. The van der Waals surface area contributed by atoms with Crippen LogP contribution in [0.25, 0.3) is 10.2 Å². The number of fused-ring (bicyclic) bond motifs is 1. The second-order valence-electron chi connectivity index (χ2n) is 7.95. The highest BCUT2D eigenvalue weighted by Crippen LogP contribution is 2.35. The molecule has 2 aromatic heterocycles. The lowest BCUT2D eigenvalue weighted by molar-refractivity contribution is 0.0322. The maximum Gasteiger partial charge on any atom is 0.261 e. The molecule has 0 radical (unpaired) electrons. The summed E-state index contributed by atoms with van der Waals surface area (Å²) in [4.78, 5) is 25.5. The number of methoxy groups -OCH3 is 2. The Labute approximate surface area is 203 Å². The first-order valence-corrected chi connectivity index (χ1v) is 12.0. The van der Waals surface area contributed by atoms with Gasteiger partial charge in [-0.05, 0) is 30.2 Å². The van der Waals surface area contributed by atoms with E-state index in [4.69, 9.17) is 18.9 Å². The van der Waals surface area contributed by atoms with Gasteiger partial charge in [0.15, 0.2) is 5.82 Å². The molecule has 1 saturated heterocycles. The molecule has 1 aromatic carbocycles. The third kappa shape index (κ3) is 5.82. The smallest absolute Gasteiger partial charge is 0.261 e. The van der Waals surface area contributed by atoms with E-state index in [1.165, 1.54) is 11.3 Å². The van der Waals surface area contributed by atoms with E-state index in [1.54, 1.807) is 14.2 Å². The summed E-state index contributed by atoms with van der Waals surface area (Å²) in [6.07, 6.45) is 0. The Bertz CT molecular complexity index is 1130. The van der Waals surface area contributed by atoms with E-state index in [0.717, 1.165) is 55.1 Å². The van der Waals surface area contributed by atoms with Gasteiger partial charge in [-0.2, -0.15) is 4.98 Å². The monoisotopic (exact) mass is 486 g/mol. The summed E-state index contributed by atoms with van der Waals surface area (Å²) in [5.41, 5.74) is 1.77. The fourth-order valence-electron chi connectivity index (χ4n) is 3.83. The molecule has 0 spiro atoms. The SMILES string of the molecule is COCc1nc(OC)c2c(C)c(C(=O)NCc3cccc(OCCN4CCOCC4)c3)sc2n1. The molecule has 3 heterocycles. The van der Waals surface area contributed by atoms with Crippen molar-refractivity contribution in [2.75, 3.05) is 53.7 Å². The second kappa shape index (κ2) is 11.6. The first-order valence-electron chi connectivity index (χ1n) is 11.2. The van der Waals surface area contributed by atoms with E-state index in [0.29, 0.717) is 34.6 Å². The van der Waals surface area contributed by atoms with E-state index >= 15 is 0 Å². The van der Waals surface area contributed by atoms with Gasteiger partial charge >= 0.3 is 0 Å². The molecule has 0 atom stereocenters. The van der Waals surface area contributed by atoms with Crippen LogP contribution in [0.2, 0.25) is 0 Å². The maximum absolute atomic E-state index is 13.0. The Kier molecular flexibility index (Phi) is 8.28. The number of hydrogen-bond acceptors (Lipinski definition) is 9. The number of nitrogens with one attached hydrogen (secondary N) is 1. The number of nitrogens with zero attached hydrogens (tertiary/aromatic N) is 3. The quantitative estimate of drug-likeness (QED) is 0.468. The highest BCUT2D eigenvalue weighted by atomic mass is 32.1. The molecule has 3 aromatic rings. The van der Waals surface area contributed by atoms with Gasteiger partial charge < -0.3 is 24.3 Å². The number of morpholine rings is 1. The van der Waals surface area contributed by atoms with Gasteiger partial charge in [-0.3, -0.25) is 9.69 Å². The lowest BCUT2D eigenvalue weighted by atomic mass is 10.2. The summed E-state index contributed by atoms with van der Waals surface area (Å²) in [6.45, 7) is 7.48. The number of benzene rings is 1. The van der Waals surface area contributed by atoms with Crippen molar-refractivity contribution < 1.29 is 23.7 Å². The number of thiophene rings is 1. The number of rotatable bonds is 10. The van der Waals surface area contributed by atoms with Gasteiger partial charge in [0.1, 0.15) is 23.8 Å². The number of ether oxygens (including phenoxy) is 4. The van der Waals surface area contributed by atoms with Gasteiger partial charge in [-0.1, -0.05) is 12.1 Å². The molecule has 10 heteroatoms. The van der Waals surface area contributed by atoms with Crippen molar-refractivity contribution in [3.05, 3.63) is 46.1 Å². The van der Waals surface area contributed by atoms with E-state index in [2.05, 4.69) is 20.2 Å². The van der Waals surface area contributed by atoms with Crippen molar-refractivity contribution >= 4 is 27.5 Å². The Morgan fingerprint density at radius 1 is 1.24 bits per heavy atom. The average Bonchev–Trinajstić information content (AvgIpc) is 3.19. The predicted molar refractivity (Wildman–Crippen MR) is 130 cm³/mol. The fraction of sp³-hybridized carbons (Fsp3) is 0.458. The summed E-state index contributed by atoms with van der Waals surface area (Å²) in [7, 11) is 3.15. The van der Waals surface area contributed by atoms with Crippen LogP contribution in [-0.4, -0.2) is 74.4 Å². The molecule has 1 amide bonds. The summed E-state index contributed by atoms with van der Waals surface area (Å²) < 4.78 is 21.9. The van der Waals surface area contributed by atoms with Crippen LogP contribution in [0.3, 0.4) is 0 Å². The molecule has 1 aliphatic rings. The van der Waals surface area contributed by atoms with Crippen LogP contribution in [-0.2, 0) is 22.6 Å². The predicted octanol–water partition coefficient (Wildman–Crippen LogP) is 2.80. The van der Waals surface area contributed by atoms with Crippen LogP contribution >= 0.6 is 11.3 Å². The summed E-state index contributed by atoms with van der Waals surface area (Å²) in [6, 6.07) is 7.80. The van der Waals surface area contributed by atoms with Gasteiger partial charge in [0.25, 0.3) is 5.91 Å². The molecule has 182 valence electrons. The molecule has 1 aliphatic heterocycles. The first kappa shape index (κ1) is 24.3. The van der Waals surface area contributed by atoms with Crippen LogP contribution in [0.15, 0.2) is 24.3 Å². The van der Waals surface area contributed by atoms with Crippen molar-refractivity contribution in [3.63, 3.8) is 0 Å². The Morgan fingerprint density at radius 3 is 2.82 bits per heavy atom. The molecular formula is C24H30N4O5S. The van der Waals surface area contributed by atoms with Crippen molar-refractivity contribution in [3.8, 4) is 11.6 Å². The Morgan fingerprint density at radius 2 is 2.06 bits per heavy atom. The number of carbonyl (C=O) groups is 1. The zero-order valence-electron chi connectivity index (χ0n) is 19.8. The van der Waals surface area contributed by atoms with Crippen LogP contribution in [0.1, 0.15) is 26.6 Å². The molecule has 0 bridgehead atoms. The first-order chi connectivity index (χ1) is 16.6. The van der Waals surface area contributed by atoms with Gasteiger partial charge in [0.05, 0.1) is 30.6 Å². The van der Waals surface area contributed by atoms with Crippen molar-refractivity contribution in [1.29, 1.82) is 0 Å². The minimum absolute atomic E-state index is 0.158. The van der Waals surface area contributed by atoms with Gasteiger partial charge in [-0.15, -0.1) is 11.3 Å². The standard InChI is InChI=1S/C24H30N4O5S/c1-16-20-23(31-3)26-19(15-30-2)27-24(20)34-21(16)22(29)25-14-17-5-4-6-18(13-17)33-12-9-28-7-10-32-11-8-28/h4-6,13H,7-12,14-15H2,1-3H3,(H,25,29). The molecule has 4 rings (SSSR count). The van der Waals surface area contributed by atoms with Gasteiger partial charge in [0.2, 0.25) is 5.88 Å². The molecule has 0 saturated carbocycles. The van der Waals surface area contributed by atoms with E-state index in [-0.39, 0.29) is 12.5 Å². The minimum atomic E-state index is -0.158. The fourth-order valence-corrected chi connectivity index (χ4v) is 4.93. The van der Waals surface area contributed by atoms with Crippen LogP contribution in [0.5, 0.6) is 11.6 Å². The summed E-state index contributed by atoms with van der Waals surface area (Å²) in [5.74, 6) is 1.61. The van der Waals surface area contributed by atoms with E-state index < -0.39 is 0 Å². The zero-order valence-corrected chi connectivity index (χ0v) is 20.6. The van der Waals surface area contributed by atoms with E-state index in [9.17, 15) is 4.79 Å². The molecule has 34 heavy (non-hydrogen) atoms. The number of aromatic nitrogens is 2. The molecule has 0 aliphatic carbocycles. The second-order valence-corrected chi connectivity index (χ2v) is 8.95. The number of hydrogen-bond donors (Lipinski definition) is 1. The van der Waals surface area contributed by atoms with Crippen molar-refractivity contribution in [2.24, 2.45) is 0 Å². The third-order valence-corrected chi connectivity index (χ3v) is 6.79. The Hall–Kier alpha value is -2.79. The summed E-state index contributed by atoms with van der Waals surface area (Å²) >= 11 is 1.33. The number of aryl methyl sites for hydroxylation is 1. The zero-order chi connectivity index (χ0) is 23.9. The number of amides is 1. The molecule has 0 unspecified atom stereocenters.